The maximum absolute atomic E-state index is 12.2. The number of nitrogens with one attached hydrogen (secondary N) is 1. The smallest absolute Gasteiger partial charge is 0.255 e. The van der Waals surface area contributed by atoms with Crippen LogP contribution in [0.3, 0.4) is 0 Å². The number of primary amides is 1. The first-order chi connectivity index (χ1) is 11.5. The van der Waals surface area contributed by atoms with Crippen LogP contribution in [-0.4, -0.2) is 18.4 Å². The van der Waals surface area contributed by atoms with Gasteiger partial charge in [-0.3, -0.25) is 9.59 Å². The van der Waals surface area contributed by atoms with Crippen LogP contribution >= 0.6 is 0 Å². The second kappa shape index (κ2) is 8.15. The molecule has 2 aromatic rings. The molecule has 5 heteroatoms. The molecule has 126 valence electrons. The van der Waals surface area contributed by atoms with Crippen molar-refractivity contribution < 1.29 is 14.3 Å². The number of amides is 2. The standard InChI is InChI=1S/C19H22N2O3/c1-3-13(2)14-4-8-16(9-5-14)21-19(23)15-6-10-17(11-7-15)24-12-18(20)22/h4-11,13H,3,12H2,1-2H3,(H2,20,22)(H,21,23)/t13-/m0/s1. The average molecular weight is 326 g/mol. The molecule has 2 aromatic carbocycles. The van der Waals surface area contributed by atoms with Gasteiger partial charge in [-0.25, -0.2) is 0 Å². The Labute approximate surface area is 141 Å². The van der Waals surface area contributed by atoms with Crippen molar-refractivity contribution in [2.75, 3.05) is 11.9 Å². The predicted molar refractivity (Wildman–Crippen MR) is 94.2 cm³/mol. The normalized spacial score (nSPS) is 11.6. The van der Waals surface area contributed by atoms with Gasteiger partial charge in [-0.2, -0.15) is 0 Å². The predicted octanol–water partition coefficient (Wildman–Crippen LogP) is 3.32. The van der Waals surface area contributed by atoms with Gasteiger partial charge in [0, 0.05) is 11.3 Å². The summed E-state index contributed by atoms with van der Waals surface area (Å²) in [5, 5.41) is 2.86. The van der Waals surface area contributed by atoms with Crippen molar-refractivity contribution in [1.82, 2.24) is 0 Å². The number of ether oxygens (including phenoxy) is 1. The van der Waals surface area contributed by atoms with Gasteiger partial charge in [0.2, 0.25) is 0 Å². The summed E-state index contributed by atoms with van der Waals surface area (Å²) in [6, 6.07) is 14.4. The van der Waals surface area contributed by atoms with Gasteiger partial charge in [0.25, 0.3) is 11.8 Å². The van der Waals surface area contributed by atoms with E-state index in [4.69, 9.17) is 10.5 Å². The Morgan fingerprint density at radius 1 is 1.08 bits per heavy atom. The first kappa shape index (κ1) is 17.5. The van der Waals surface area contributed by atoms with Gasteiger partial charge in [-0.05, 0) is 54.3 Å². The van der Waals surface area contributed by atoms with Gasteiger partial charge in [-0.1, -0.05) is 26.0 Å². The lowest BCUT2D eigenvalue weighted by molar-refractivity contribution is -0.119. The molecule has 0 unspecified atom stereocenters. The summed E-state index contributed by atoms with van der Waals surface area (Å²) in [6.07, 6.45) is 1.08. The Morgan fingerprint density at radius 2 is 1.71 bits per heavy atom. The zero-order valence-electron chi connectivity index (χ0n) is 13.9. The highest BCUT2D eigenvalue weighted by Gasteiger charge is 2.08. The molecule has 3 N–H and O–H groups in total. The number of carbonyl (C=O) groups is 2. The molecule has 1 atom stereocenters. The minimum absolute atomic E-state index is 0.186. The van der Waals surface area contributed by atoms with Gasteiger partial charge < -0.3 is 15.8 Å². The fourth-order valence-electron chi connectivity index (χ4n) is 2.19. The fourth-order valence-corrected chi connectivity index (χ4v) is 2.19. The minimum Gasteiger partial charge on any atom is -0.484 e. The molecule has 0 radical (unpaired) electrons. The summed E-state index contributed by atoms with van der Waals surface area (Å²) in [5.41, 5.74) is 7.53. The van der Waals surface area contributed by atoms with Crippen molar-refractivity contribution in [3.63, 3.8) is 0 Å². The molecule has 24 heavy (non-hydrogen) atoms. The van der Waals surface area contributed by atoms with E-state index < -0.39 is 5.91 Å². The van der Waals surface area contributed by atoms with Crippen LogP contribution in [0, 0.1) is 0 Å². The lowest BCUT2D eigenvalue weighted by Gasteiger charge is -2.11. The van der Waals surface area contributed by atoms with Crippen molar-refractivity contribution >= 4 is 17.5 Å². The summed E-state index contributed by atoms with van der Waals surface area (Å²) in [4.78, 5) is 22.9. The van der Waals surface area contributed by atoms with E-state index in [1.165, 1.54) is 5.56 Å². The van der Waals surface area contributed by atoms with Gasteiger partial charge in [-0.15, -0.1) is 0 Å². The second-order valence-corrected chi connectivity index (χ2v) is 5.66. The zero-order chi connectivity index (χ0) is 17.5. The van der Waals surface area contributed by atoms with Crippen LogP contribution in [0.1, 0.15) is 42.1 Å². The quantitative estimate of drug-likeness (QED) is 0.819. The summed E-state index contributed by atoms with van der Waals surface area (Å²) in [7, 11) is 0. The molecular weight excluding hydrogens is 304 g/mol. The molecule has 0 spiro atoms. The number of carbonyl (C=O) groups excluding carboxylic acids is 2. The second-order valence-electron chi connectivity index (χ2n) is 5.66. The zero-order valence-corrected chi connectivity index (χ0v) is 13.9. The van der Waals surface area contributed by atoms with Gasteiger partial charge in [0.1, 0.15) is 5.75 Å². The van der Waals surface area contributed by atoms with Crippen LogP contribution in [-0.2, 0) is 4.79 Å². The molecule has 0 saturated heterocycles. The molecule has 0 aliphatic heterocycles. The number of benzene rings is 2. The third-order valence-electron chi connectivity index (χ3n) is 3.85. The van der Waals surface area contributed by atoms with E-state index in [0.29, 0.717) is 17.2 Å². The van der Waals surface area contributed by atoms with E-state index >= 15 is 0 Å². The number of hydrogen-bond acceptors (Lipinski definition) is 3. The van der Waals surface area contributed by atoms with Gasteiger partial charge in [0.15, 0.2) is 6.61 Å². The minimum atomic E-state index is -0.544. The Morgan fingerprint density at radius 3 is 2.25 bits per heavy atom. The van der Waals surface area contributed by atoms with E-state index in [9.17, 15) is 9.59 Å². The Kier molecular flexibility index (Phi) is 5.95. The van der Waals surface area contributed by atoms with Crippen molar-refractivity contribution in [3.8, 4) is 5.75 Å². The molecule has 2 rings (SSSR count). The van der Waals surface area contributed by atoms with E-state index in [1.807, 2.05) is 24.3 Å². The van der Waals surface area contributed by atoms with Gasteiger partial charge in [0.05, 0.1) is 0 Å². The average Bonchev–Trinajstić information content (AvgIpc) is 2.60. The highest BCUT2D eigenvalue weighted by atomic mass is 16.5. The van der Waals surface area contributed by atoms with Crippen LogP contribution in [0.15, 0.2) is 48.5 Å². The van der Waals surface area contributed by atoms with Crippen LogP contribution in [0.25, 0.3) is 0 Å². The van der Waals surface area contributed by atoms with Gasteiger partial charge >= 0.3 is 0 Å². The van der Waals surface area contributed by atoms with E-state index in [1.54, 1.807) is 24.3 Å². The van der Waals surface area contributed by atoms with E-state index in [0.717, 1.165) is 12.1 Å². The molecule has 0 aliphatic carbocycles. The summed E-state index contributed by atoms with van der Waals surface area (Å²) in [5.74, 6) is 0.247. The van der Waals surface area contributed by atoms with Crippen molar-refractivity contribution in [3.05, 3.63) is 59.7 Å². The molecule has 0 bridgehead atoms. The van der Waals surface area contributed by atoms with Crippen LogP contribution < -0.4 is 15.8 Å². The topological polar surface area (TPSA) is 81.4 Å². The summed E-state index contributed by atoms with van der Waals surface area (Å²) < 4.78 is 5.16. The van der Waals surface area contributed by atoms with Crippen LogP contribution in [0.5, 0.6) is 5.75 Å². The van der Waals surface area contributed by atoms with Crippen molar-refractivity contribution in [1.29, 1.82) is 0 Å². The highest BCUT2D eigenvalue weighted by molar-refractivity contribution is 6.04. The van der Waals surface area contributed by atoms with E-state index in [2.05, 4.69) is 19.2 Å². The summed E-state index contributed by atoms with van der Waals surface area (Å²) in [6.45, 7) is 4.14. The molecular formula is C19H22N2O3. The number of hydrogen-bond donors (Lipinski definition) is 2. The molecule has 0 aliphatic rings. The number of anilines is 1. The Hall–Kier alpha value is -2.82. The van der Waals surface area contributed by atoms with Crippen LogP contribution in [0.2, 0.25) is 0 Å². The molecule has 2 amide bonds. The maximum atomic E-state index is 12.2. The third kappa shape index (κ3) is 4.84. The molecule has 5 nitrogen and oxygen atoms in total. The highest BCUT2D eigenvalue weighted by Crippen LogP contribution is 2.21. The van der Waals surface area contributed by atoms with Crippen molar-refractivity contribution in [2.45, 2.75) is 26.2 Å². The first-order valence-electron chi connectivity index (χ1n) is 7.92. The van der Waals surface area contributed by atoms with E-state index in [-0.39, 0.29) is 12.5 Å². The lowest BCUT2D eigenvalue weighted by atomic mass is 9.98. The fraction of sp³-hybridized carbons (Fsp3) is 0.263. The molecule has 0 heterocycles. The van der Waals surface area contributed by atoms with Crippen molar-refractivity contribution in [2.24, 2.45) is 5.73 Å². The first-order valence-corrected chi connectivity index (χ1v) is 7.92. The lowest BCUT2D eigenvalue weighted by Crippen LogP contribution is -2.20. The largest absolute Gasteiger partial charge is 0.484 e. The number of nitrogens with two attached hydrogens (primary N) is 1. The molecule has 0 fully saturated rings. The Bertz CT molecular complexity index is 694. The Balaban J connectivity index is 1.97. The third-order valence-corrected chi connectivity index (χ3v) is 3.85. The molecule has 0 aromatic heterocycles. The van der Waals surface area contributed by atoms with Crippen LogP contribution in [0.4, 0.5) is 5.69 Å². The molecule has 0 saturated carbocycles. The monoisotopic (exact) mass is 326 g/mol. The summed E-state index contributed by atoms with van der Waals surface area (Å²) >= 11 is 0. The maximum Gasteiger partial charge on any atom is 0.255 e. The number of rotatable bonds is 7. The SMILES string of the molecule is CC[C@H](C)c1ccc(NC(=O)c2ccc(OCC(N)=O)cc2)cc1.